The highest BCUT2D eigenvalue weighted by molar-refractivity contribution is 6.01. The second-order valence-electron chi connectivity index (χ2n) is 5.01. The van der Waals surface area contributed by atoms with Crippen LogP contribution in [-0.4, -0.2) is 6.03 Å². The normalized spacial score (nSPS) is 10.3. The van der Waals surface area contributed by atoms with Crippen molar-refractivity contribution in [1.82, 2.24) is 0 Å². The number of carbonyl (C=O) groups excluding carboxylic acids is 1. The van der Waals surface area contributed by atoms with Gasteiger partial charge in [0, 0.05) is 11.4 Å². The Morgan fingerprint density at radius 3 is 2.14 bits per heavy atom. The summed E-state index contributed by atoms with van der Waals surface area (Å²) in [6.07, 6.45) is 0. The number of hydrogen-bond donors (Lipinski definition) is 2. The highest BCUT2D eigenvalue weighted by atomic mass is 16.2. The van der Waals surface area contributed by atoms with Gasteiger partial charge in [0.2, 0.25) is 0 Å². The fourth-order valence-electron chi connectivity index (χ4n) is 2.20. The van der Waals surface area contributed by atoms with E-state index < -0.39 is 0 Å². The lowest BCUT2D eigenvalue weighted by Crippen LogP contribution is -2.19. The number of amides is 2. The Morgan fingerprint density at radius 2 is 1.38 bits per heavy atom. The van der Waals surface area contributed by atoms with Crippen molar-refractivity contribution in [3.63, 3.8) is 0 Å². The van der Waals surface area contributed by atoms with E-state index in [0.29, 0.717) is 0 Å². The zero-order valence-corrected chi connectivity index (χ0v) is 11.8. The molecule has 3 aromatic carbocycles. The molecular weight excluding hydrogens is 260 g/mol. The molecule has 0 fully saturated rings. The van der Waals surface area contributed by atoms with E-state index in [9.17, 15) is 4.79 Å². The monoisotopic (exact) mass is 276 g/mol. The number of benzene rings is 3. The van der Waals surface area contributed by atoms with Crippen molar-refractivity contribution >= 4 is 28.2 Å². The minimum absolute atomic E-state index is 0.242. The first kappa shape index (κ1) is 13.2. The molecule has 2 N–H and O–H groups in total. The zero-order valence-electron chi connectivity index (χ0n) is 11.8. The molecule has 3 rings (SSSR count). The van der Waals surface area contributed by atoms with Crippen molar-refractivity contribution in [1.29, 1.82) is 0 Å². The van der Waals surface area contributed by atoms with Gasteiger partial charge in [0.25, 0.3) is 0 Å². The van der Waals surface area contributed by atoms with Crippen molar-refractivity contribution in [2.45, 2.75) is 6.92 Å². The van der Waals surface area contributed by atoms with Gasteiger partial charge in [-0.3, -0.25) is 0 Å². The van der Waals surface area contributed by atoms with Gasteiger partial charge in [-0.2, -0.15) is 0 Å². The van der Waals surface area contributed by atoms with Crippen LogP contribution in [0.4, 0.5) is 16.2 Å². The predicted octanol–water partition coefficient (Wildman–Crippen LogP) is 4.79. The summed E-state index contributed by atoms with van der Waals surface area (Å²) in [5, 5.41) is 7.92. The van der Waals surface area contributed by atoms with Crippen molar-refractivity contribution in [3.8, 4) is 0 Å². The second-order valence-corrected chi connectivity index (χ2v) is 5.01. The van der Waals surface area contributed by atoms with Crippen LogP contribution in [0, 0.1) is 6.92 Å². The van der Waals surface area contributed by atoms with E-state index in [1.54, 1.807) is 0 Å². The highest BCUT2D eigenvalue weighted by Gasteiger charge is 2.03. The molecule has 0 heterocycles. The first-order chi connectivity index (χ1) is 10.2. The first-order valence-corrected chi connectivity index (χ1v) is 6.84. The van der Waals surface area contributed by atoms with E-state index in [4.69, 9.17) is 0 Å². The molecule has 0 bridgehead atoms. The lowest BCUT2D eigenvalue weighted by atomic mass is 10.1. The molecule has 0 aromatic heterocycles. The summed E-state index contributed by atoms with van der Waals surface area (Å²) in [4.78, 5) is 12.0. The van der Waals surface area contributed by atoms with Crippen LogP contribution in [0.2, 0.25) is 0 Å². The molecule has 0 saturated heterocycles. The van der Waals surface area contributed by atoms with Crippen LogP contribution >= 0.6 is 0 Å². The van der Waals surface area contributed by atoms with E-state index in [-0.39, 0.29) is 6.03 Å². The molecule has 0 atom stereocenters. The molecule has 0 unspecified atom stereocenters. The van der Waals surface area contributed by atoms with Gasteiger partial charge in [0.1, 0.15) is 0 Å². The fourth-order valence-corrected chi connectivity index (χ4v) is 2.20. The van der Waals surface area contributed by atoms with Gasteiger partial charge in [-0.25, -0.2) is 4.79 Å². The third-order valence-electron chi connectivity index (χ3n) is 3.32. The lowest BCUT2D eigenvalue weighted by Gasteiger charge is -2.08. The predicted molar refractivity (Wildman–Crippen MR) is 87.8 cm³/mol. The van der Waals surface area contributed by atoms with Crippen LogP contribution in [0.1, 0.15) is 5.56 Å². The van der Waals surface area contributed by atoms with Gasteiger partial charge >= 0.3 is 6.03 Å². The molecule has 0 saturated carbocycles. The summed E-state index contributed by atoms with van der Waals surface area (Å²) < 4.78 is 0. The number of carbonyl (C=O) groups is 1. The molecule has 3 nitrogen and oxygen atoms in total. The number of nitrogens with one attached hydrogen (secondary N) is 2. The van der Waals surface area contributed by atoms with E-state index in [0.717, 1.165) is 27.7 Å². The highest BCUT2D eigenvalue weighted by Crippen LogP contribution is 2.19. The summed E-state index contributed by atoms with van der Waals surface area (Å²) in [5.41, 5.74) is 2.72. The maximum Gasteiger partial charge on any atom is 0.323 e. The van der Waals surface area contributed by atoms with Gasteiger partial charge in [-0.05, 0) is 42.0 Å². The van der Waals surface area contributed by atoms with Crippen molar-refractivity contribution in [3.05, 3.63) is 72.3 Å². The van der Waals surface area contributed by atoms with E-state index in [2.05, 4.69) is 10.6 Å². The van der Waals surface area contributed by atoms with E-state index in [1.807, 2.05) is 73.7 Å². The minimum Gasteiger partial charge on any atom is -0.308 e. The lowest BCUT2D eigenvalue weighted by molar-refractivity contribution is 0.262. The topological polar surface area (TPSA) is 41.1 Å². The van der Waals surface area contributed by atoms with Crippen molar-refractivity contribution in [2.24, 2.45) is 0 Å². The second kappa shape index (κ2) is 5.67. The largest absolute Gasteiger partial charge is 0.323 e. The standard InChI is InChI=1S/C18H16N2O/c1-13-6-9-16(10-7-13)19-18(21)20-17-11-8-14-4-2-3-5-15(14)12-17/h2-12H,1H3,(H2,19,20,21). The zero-order chi connectivity index (χ0) is 14.7. The molecule has 2 amide bonds. The van der Waals surface area contributed by atoms with Gasteiger partial charge < -0.3 is 10.6 Å². The summed E-state index contributed by atoms with van der Waals surface area (Å²) in [5.74, 6) is 0. The molecule has 0 radical (unpaired) electrons. The number of anilines is 2. The maximum atomic E-state index is 12.0. The molecule has 0 aliphatic heterocycles. The van der Waals surface area contributed by atoms with Gasteiger partial charge in [0.15, 0.2) is 0 Å². The van der Waals surface area contributed by atoms with Crippen molar-refractivity contribution in [2.75, 3.05) is 10.6 Å². The van der Waals surface area contributed by atoms with E-state index >= 15 is 0 Å². The fraction of sp³-hybridized carbons (Fsp3) is 0.0556. The molecule has 0 spiro atoms. The summed E-state index contributed by atoms with van der Waals surface area (Å²) in [6, 6.07) is 21.4. The van der Waals surface area contributed by atoms with Crippen LogP contribution in [0.25, 0.3) is 10.8 Å². The smallest absolute Gasteiger partial charge is 0.308 e. The number of hydrogen-bond acceptors (Lipinski definition) is 1. The maximum absolute atomic E-state index is 12.0. The Morgan fingerprint density at radius 1 is 0.762 bits per heavy atom. The van der Waals surface area contributed by atoms with Gasteiger partial charge in [0.05, 0.1) is 0 Å². The number of fused-ring (bicyclic) bond motifs is 1. The quantitative estimate of drug-likeness (QED) is 0.694. The summed E-state index contributed by atoms with van der Waals surface area (Å²) in [7, 11) is 0. The van der Waals surface area contributed by atoms with Crippen molar-refractivity contribution < 1.29 is 4.79 Å². The molecule has 3 aromatic rings. The minimum atomic E-state index is -0.242. The molecule has 0 aliphatic rings. The van der Waals surface area contributed by atoms with Gasteiger partial charge in [-0.15, -0.1) is 0 Å². The molecule has 104 valence electrons. The molecule has 3 heteroatoms. The number of rotatable bonds is 2. The SMILES string of the molecule is Cc1ccc(NC(=O)Nc2ccc3ccccc3c2)cc1. The van der Waals surface area contributed by atoms with E-state index in [1.165, 1.54) is 0 Å². The Labute approximate surface area is 123 Å². The van der Waals surface area contributed by atoms with Crippen LogP contribution in [0.5, 0.6) is 0 Å². The third-order valence-corrected chi connectivity index (χ3v) is 3.32. The van der Waals surface area contributed by atoms with Crippen LogP contribution < -0.4 is 10.6 Å². The molecule has 21 heavy (non-hydrogen) atoms. The third kappa shape index (κ3) is 3.20. The Hall–Kier alpha value is -2.81. The Balaban J connectivity index is 1.72. The van der Waals surface area contributed by atoms with Crippen LogP contribution in [0.3, 0.4) is 0 Å². The number of aryl methyl sites for hydroxylation is 1. The summed E-state index contributed by atoms with van der Waals surface area (Å²) in [6.45, 7) is 2.01. The first-order valence-electron chi connectivity index (χ1n) is 6.84. The molecular formula is C18H16N2O. The Bertz CT molecular complexity index is 779. The number of urea groups is 1. The van der Waals surface area contributed by atoms with Crippen LogP contribution in [-0.2, 0) is 0 Å². The molecule has 0 aliphatic carbocycles. The van der Waals surface area contributed by atoms with Gasteiger partial charge in [-0.1, -0.05) is 48.0 Å². The van der Waals surface area contributed by atoms with Crippen LogP contribution in [0.15, 0.2) is 66.7 Å². The summed E-state index contributed by atoms with van der Waals surface area (Å²) >= 11 is 0. The average molecular weight is 276 g/mol. The Kier molecular flexibility index (Phi) is 3.56. The average Bonchev–Trinajstić information content (AvgIpc) is 2.49.